The normalized spacial score (nSPS) is 13.9. The Hall–Kier alpha value is -1.29. The van der Waals surface area contributed by atoms with Gasteiger partial charge in [0, 0.05) is 16.9 Å². The first-order chi connectivity index (χ1) is 10.2. The minimum Gasteiger partial charge on any atom is -0.395 e. The molecule has 0 spiro atoms. The average Bonchev–Trinajstić information content (AvgIpc) is 2.54. The van der Waals surface area contributed by atoms with Crippen LogP contribution in [0.5, 0.6) is 0 Å². The Balaban J connectivity index is 2.06. The van der Waals surface area contributed by atoms with Crippen LogP contribution in [0.3, 0.4) is 0 Å². The van der Waals surface area contributed by atoms with Gasteiger partial charge in [-0.1, -0.05) is 48.0 Å². The van der Waals surface area contributed by atoms with Crippen LogP contribution >= 0.6 is 11.8 Å². The van der Waals surface area contributed by atoms with Gasteiger partial charge in [0.2, 0.25) is 0 Å². The molecule has 3 heteroatoms. The zero-order valence-corrected chi connectivity index (χ0v) is 13.3. The van der Waals surface area contributed by atoms with Gasteiger partial charge in [0.1, 0.15) is 0 Å². The van der Waals surface area contributed by atoms with Gasteiger partial charge in [-0.15, -0.1) is 11.8 Å². The number of aliphatic hydroxyl groups is 1. The Morgan fingerprint density at radius 3 is 2.29 bits per heavy atom. The van der Waals surface area contributed by atoms with Crippen LogP contribution in [0.25, 0.3) is 0 Å². The van der Waals surface area contributed by atoms with Crippen LogP contribution < -0.4 is 5.73 Å². The highest BCUT2D eigenvalue weighted by atomic mass is 32.2. The van der Waals surface area contributed by atoms with Crippen LogP contribution in [0.15, 0.2) is 59.5 Å². The summed E-state index contributed by atoms with van der Waals surface area (Å²) in [4.78, 5) is 1.25. The Labute approximate surface area is 131 Å². The van der Waals surface area contributed by atoms with Gasteiger partial charge < -0.3 is 10.8 Å². The molecule has 1 atom stereocenters. The van der Waals surface area contributed by atoms with E-state index in [-0.39, 0.29) is 12.0 Å². The summed E-state index contributed by atoms with van der Waals surface area (Å²) in [7, 11) is 0. The molecule has 0 radical (unpaired) electrons. The largest absolute Gasteiger partial charge is 0.395 e. The smallest absolute Gasteiger partial charge is 0.0540 e. The molecule has 2 rings (SSSR count). The maximum absolute atomic E-state index is 9.91. The standard InChI is InChI=1S/C18H23NOS/c1-15-7-9-16(10-8-15)18(13-19,14-20)11-12-21-17-5-3-2-4-6-17/h2-10,20H,11-14,19H2,1H3. The molecule has 0 saturated carbocycles. The first kappa shape index (κ1) is 16.1. The lowest BCUT2D eigenvalue weighted by Crippen LogP contribution is -2.39. The molecule has 0 heterocycles. The Morgan fingerprint density at radius 2 is 1.71 bits per heavy atom. The molecule has 112 valence electrons. The number of aliphatic hydroxyl groups excluding tert-OH is 1. The molecule has 0 fully saturated rings. The van der Waals surface area contributed by atoms with E-state index in [1.807, 2.05) is 30.0 Å². The molecule has 0 aliphatic carbocycles. The number of thioether (sulfide) groups is 1. The van der Waals surface area contributed by atoms with Crippen molar-refractivity contribution in [2.45, 2.75) is 23.7 Å². The van der Waals surface area contributed by atoms with E-state index in [1.165, 1.54) is 10.5 Å². The predicted octanol–water partition coefficient (Wildman–Crippen LogP) is 3.37. The SMILES string of the molecule is Cc1ccc(C(CN)(CO)CCSc2ccccc2)cc1. The molecule has 1 unspecified atom stereocenters. The molecule has 2 aromatic rings. The predicted molar refractivity (Wildman–Crippen MR) is 90.8 cm³/mol. The van der Waals surface area contributed by atoms with Crippen molar-refractivity contribution in [1.29, 1.82) is 0 Å². The summed E-state index contributed by atoms with van der Waals surface area (Å²) in [6.45, 7) is 2.61. The van der Waals surface area contributed by atoms with E-state index in [1.54, 1.807) is 0 Å². The second kappa shape index (κ2) is 7.64. The molecule has 21 heavy (non-hydrogen) atoms. The number of rotatable bonds is 7. The van der Waals surface area contributed by atoms with E-state index < -0.39 is 0 Å². The van der Waals surface area contributed by atoms with Crippen molar-refractivity contribution in [1.82, 2.24) is 0 Å². The number of hydrogen-bond donors (Lipinski definition) is 2. The number of nitrogens with two attached hydrogens (primary N) is 1. The molecule has 0 aliphatic heterocycles. The zero-order valence-electron chi connectivity index (χ0n) is 12.5. The van der Waals surface area contributed by atoms with Gasteiger partial charge in [-0.05, 0) is 36.8 Å². The average molecular weight is 301 g/mol. The fourth-order valence-electron chi connectivity index (χ4n) is 2.39. The van der Waals surface area contributed by atoms with E-state index >= 15 is 0 Å². The van der Waals surface area contributed by atoms with Crippen molar-refractivity contribution >= 4 is 11.8 Å². The van der Waals surface area contributed by atoms with E-state index in [9.17, 15) is 5.11 Å². The second-order valence-corrected chi connectivity index (χ2v) is 6.59. The molecular formula is C18H23NOS. The third kappa shape index (κ3) is 4.10. The first-order valence-electron chi connectivity index (χ1n) is 7.26. The van der Waals surface area contributed by atoms with Crippen molar-refractivity contribution in [2.75, 3.05) is 18.9 Å². The lowest BCUT2D eigenvalue weighted by Gasteiger charge is -2.31. The molecule has 2 nitrogen and oxygen atoms in total. The fraction of sp³-hybridized carbons (Fsp3) is 0.333. The van der Waals surface area contributed by atoms with Crippen LogP contribution in [-0.2, 0) is 5.41 Å². The Morgan fingerprint density at radius 1 is 1.05 bits per heavy atom. The summed E-state index contributed by atoms with van der Waals surface area (Å²) < 4.78 is 0. The number of aryl methyl sites for hydroxylation is 1. The third-order valence-corrected chi connectivity index (χ3v) is 4.96. The maximum Gasteiger partial charge on any atom is 0.0540 e. The molecular weight excluding hydrogens is 278 g/mol. The van der Waals surface area contributed by atoms with Gasteiger partial charge in [0.05, 0.1) is 6.61 Å². The van der Waals surface area contributed by atoms with Crippen molar-refractivity contribution in [3.63, 3.8) is 0 Å². The van der Waals surface area contributed by atoms with Gasteiger partial charge in [-0.3, -0.25) is 0 Å². The lowest BCUT2D eigenvalue weighted by molar-refractivity contribution is 0.193. The summed E-state index contributed by atoms with van der Waals surface area (Å²) in [5.74, 6) is 0.940. The molecule has 0 aromatic heterocycles. The van der Waals surface area contributed by atoms with Gasteiger partial charge >= 0.3 is 0 Å². The summed E-state index contributed by atoms with van der Waals surface area (Å²) in [5.41, 5.74) is 8.02. The zero-order chi connectivity index (χ0) is 15.1. The van der Waals surface area contributed by atoms with E-state index in [4.69, 9.17) is 5.73 Å². The topological polar surface area (TPSA) is 46.2 Å². The highest BCUT2D eigenvalue weighted by Gasteiger charge is 2.29. The number of benzene rings is 2. The first-order valence-corrected chi connectivity index (χ1v) is 8.25. The molecule has 0 bridgehead atoms. The van der Waals surface area contributed by atoms with Crippen molar-refractivity contribution in [2.24, 2.45) is 5.73 Å². The number of hydrogen-bond acceptors (Lipinski definition) is 3. The summed E-state index contributed by atoms with van der Waals surface area (Å²) in [6.07, 6.45) is 0.864. The molecule has 0 aliphatic rings. The Bertz CT molecular complexity index is 535. The Kier molecular flexibility index (Phi) is 5.85. The summed E-state index contributed by atoms with van der Waals surface area (Å²) in [6, 6.07) is 18.7. The fourth-order valence-corrected chi connectivity index (χ4v) is 3.47. The van der Waals surface area contributed by atoms with Crippen LogP contribution in [0.4, 0.5) is 0 Å². The summed E-state index contributed by atoms with van der Waals surface area (Å²) >= 11 is 1.81. The molecule has 3 N–H and O–H groups in total. The molecule has 2 aromatic carbocycles. The van der Waals surface area contributed by atoms with E-state index in [0.29, 0.717) is 6.54 Å². The summed E-state index contributed by atoms with van der Waals surface area (Å²) in [5, 5.41) is 9.91. The van der Waals surface area contributed by atoms with E-state index in [2.05, 4.69) is 43.3 Å². The van der Waals surface area contributed by atoms with Gasteiger partial charge in [-0.25, -0.2) is 0 Å². The van der Waals surface area contributed by atoms with Crippen molar-refractivity contribution in [3.8, 4) is 0 Å². The van der Waals surface area contributed by atoms with Crippen LogP contribution in [0, 0.1) is 6.92 Å². The minimum absolute atomic E-state index is 0.0852. The second-order valence-electron chi connectivity index (χ2n) is 5.42. The van der Waals surface area contributed by atoms with Crippen LogP contribution in [0.2, 0.25) is 0 Å². The quantitative estimate of drug-likeness (QED) is 0.771. The molecule has 0 saturated heterocycles. The van der Waals surface area contributed by atoms with Gasteiger partial charge in [0.15, 0.2) is 0 Å². The van der Waals surface area contributed by atoms with Gasteiger partial charge in [-0.2, -0.15) is 0 Å². The van der Waals surface area contributed by atoms with Crippen LogP contribution in [0.1, 0.15) is 17.5 Å². The highest BCUT2D eigenvalue weighted by molar-refractivity contribution is 7.99. The lowest BCUT2D eigenvalue weighted by atomic mass is 9.78. The third-order valence-electron chi connectivity index (χ3n) is 3.95. The minimum atomic E-state index is -0.338. The monoisotopic (exact) mass is 301 g/mol. The van der Waals surface area contributed by atoms with Crippen LogP contribution in [-0.4, -0.2) is 24.0 Å². The van der Waals surface area contributed by atoms with Crippen molar-refractivity contribution in [3.05, 3.63) is 65.7 Å². The van der Waals surface area contributed by atoms with Gasteiger partial charge in [0.25, 0.3) is 0 Å². The van der Waals surface area contributed by atoms with E-state index in [0.717, 1.165) is 17.7 Å². The van der Waals surface area contributed by atoms with Crippen molar-refractivity contribution < 1.29 is 5.11 Å². The highest BCUT2D eigenvalue weighted by Crippen LogP contribution is 2.30. The maximum atomic E-state index is 9.91. The molecule has 0 amide bonds.